The monoisotopic (exact) mass is 382 g/mol. The van der Waals surface area contributed by atoms with Gasteiger partial charge >= 0.3 is 0 Å². The highest BCUT2D eigenvalue weighted by Crippen LogP contribution is 2.32. The number of hydrogen-bond acceptors (Lipinski definition) is 3. The molecule has 1 saturated carbocycles. The minimum Gasteiger partial charge on any atom is -0.450 e. The van der Waals surface area contributed by atoms with E-state index in [0.29, 0.717) is 44.3 Å². The van der Waals surface area contributed by atoms with Crippen LogP contribution in [-0.2, 0) is 4.79 Å². The van der Waals surface area contributed by atoms with Gasteiger partial charge in [0.25, 0.3) is 5.91 Å². The van der Waals surface area contributed by atoms with Crippen LogP contribution in [0, 0.1) is 26.7 Å². The van der Waals surface area contributed by atoms with Crippen molar-refractivity contribution in [2.45, 2.75) is 52.9 Å². The Morgan fingerprint density at radius 2 is 1.57 bits per heavy atom. The van der Waals surface area contributed by atoms with E-state index in [1.54, 1.807) is 0 Å². The van der Waals surface area contributed by atoms with Crippen molar-refractivity contribution in [2.75, 3.05) is 26.2 Å². The highest BCUT2D eigenvalue weighted by Gasteiger charge is 2.30. The maximum absolute atomic E-state index is 13.1. The van der Waals surface area contributed by atoms with Crippen LogP contribution < -0.4 is 0 Å². The van der Waals surface area contributed by atoms with Gasteiger partial charge < -0.3 is 14.2 Å². The van der Waals surface area contributed by atoms with E-state index >= 15 is 0 Å². The third-order valence-electron chi connectivity index (χ3n) is 6.53. The molecule has 1 aromatic carbocycles. The first kappa shape index (κ1) is 19.0. The molecule has 1 aliphatic carbocycles. The van der Waals surface area contributed by atoms with Crippen LogP contribution in [0.5, 0.6) is 0 Å². The number of carbonyl (C=O) groups excluding carboxylic acids is 2. The molecule has 0 bridgehead atoms. The first-order valence-corrected chi connectivity index (χ1v) is 10.5. The molecule has 5 nitrogen and oxygen atoms in total. The second kappa shape index (κ2) is 7.61. The van der Waals surface area contributed by atoms with Gasteiger partial charge in [-0.2, -0.15) is 0 Å². The Morgan fingerprint density at radius 3 is 2.21 bits per heavy atom. The maximum Gasteiger partial charge on any atom is 0.290 e. The van der Waals surface area contributed by atoms with Crippen LogP contribution in [0.2, 0.25) is 0 Å². The van der Waals surface area contributed by atoms with Gasteiger partial charge in [0.1, 0.15) is 5.58 Å². The Labute approximate surface area is 166 Å². The molecule has 1 saturated heterocycles. The van der Waals surface area contributed by atoms with Gasteiger partial charge in [0.05, 0.1) is 0 Å². The van der Waals surface area contributed by atoms with Gasteiger partial charge in [-0.1, -0.05) is 25.0 Å². The van der Waals surface area contributed by atoms with Crippen molar-refractivity contribution in [3.8, 4) is 0 Å². The smallest absolute Gasteiger partial charge is 0.290 e. The molecule has 0 atom stereocenters. The lowest BCUT2D eigenvalue weighted by atomic mass is 10.0. The van der Waals surface area contributed by atoms with E-state index in [2.05, 4.69) is 6.07 Å². The van der Waals surface area contributed by atoms with Crippen LogP contribution in [0.3, 0.4) is 0 Å². The van der Waals surface area contributed by atoms with Gasteiger partial charge in [0.2, 0.25) is 5.91 Å². The molecule has 5 heteroatoms. The number of nitrogens with zero attached hydrogens (tertiary/aromatic N) is 2. The molecule has 4 rings (SSSR count). The zero-order valence-electron chi connectivity index (χ0n) is 17.2. The topological polar surface area (TPSA) is 53.8 Å². The largest absolute Gasteiger partial charge is 0.450 e. The average molecular weight is 383 g/mol. The SMILES string of the molecule is Cc1ccc(C)c2c(C)c(C(=O)N3CCN(C(=O)CC4CCCC4)CC3)oc12. The molecule has 2 aromatic rings. The van der Waals surface area contributed by atoms with E-state index < -0.39 is 0 Å². The van der Waals surface area contributed by atoms with Gasteiger partial charge in [-0.25, -0.2) is 0 Å². The van der Waals surface area contributed by atoms with Gasteiger partial charge in [-0.3, -0.25) is 9.59 Å². The summed E-state index contributed by atoms with van der Waals surface area (Å²) in [5.74, 6) is 1.20. The summed E-state index contributed by atoms with van der Waals surface area (Å²) in [6.07, 6.45) is 5.57. The van der Waals surface area contributed by atoms with Crippen molar-refractivity contribution >= 4 is 22.8 Å². The number of amides is 2. The summed E-state index contributed by atoms with van der Waals surface area (Å²) in [5, 5.41) is 1.05. The molecule has 0 unspecified atom stereocenters. The predicted octanol–water partition coefficient (Wildman–Crippen LogP) is 4.22. The lowest BCUT2D eigenvalue weighted by molar-refractivity contribution is -0.133. The molecular formula is C23H30N2O3. The molecule has 0 N–H and O–H groups in total. The highest BCUT2D eigenvalue weighted by molar-refractivity contribution is 6.00. The van der Waals surface area contributed by atoms with Crippen molar-refractivity contribution in [2.24, 2.45) is 5.92 Å². The second-order valence-electron chi connectivity index (χ2n) is 8.49. The summed E-state index contributed by atoms with van der Waals surface area (Å²) in [7, 11) is 0. The standard InChI is InChI=1S/C23H30N2O3/c1-15-8-9-16(2)21-20(15)17(3)22(28-21)23(27)25-12-10-24(11-13-25)19(26)14-18-6-4-5-7-18/h8-9,18H,4-7,10-14H2,1-3H3. The van der Waals surface area contributed by atoms with Crippen molar-refractivity contribution in [3.63, 3.8) is 0 Å². The molecule has 2 heterocycles. The predicted molar refractivity (Wildman–Crippen MR) is 109 cm³/mol. The molecule has 1 aliphatic heterocycles. The van der Waals surface area contributed by atoms with Gasteiger partial charge in [-0.15, -0.1) is 0 Å². The first-order valence-electron chi connectivity index (χ1n) is 10.5. The van der Waals surface area contributed by atoms with Gasteiger partial charge in [-0.05, 0) is 50.7 Å². The number of hydrogen-bond donors (Lipinski definition) is 0. The molecule has 0 radical (unpaired) electrons. The fourth-order valence-corrected chi connectivity index (χ4v) is 4.77. The van der Waals surface area contributed by atoms with Gasteiger partial charge in [0, 0.05) is 43.5 Å². The fraction of sp³-hybridized carbons (Fsp3) is 0.565. The van der Waals surface area contributed by atoms with Gasteiger partial charge in [0.15, 0.2) is 5.76 Å². The van der Waals surface area contributed by atoms with Crippen molar-refractivity contribution < 1.29 is 14.0 Å². The molecule has 1 aromatic heterocycles. The molecule has 150 valence electrons. The van der Waals surface area contributed by atoms with E-state index in [1.807, 2.05) is 36.6 Å². The second-order valence-corrected chi connectivity index (χ2v) is 8.49. The summed E-state index contributed by atoms with van der Waals surface area (Å²) in [5.41, 5.74) is 3.90. The minimum atomic E-state index is -0.0598. The van der Waals surface area contributed by atoms with E-state index in [1.165, 1.54) is 25.7 Å². The normalized spacial score (nSPS) is 18.2. The van der Waals surface area contributed by atoms with Crippen LogP contribution in [-0.4, -0.2) is 47.8 Å². The van der Waals surface area contributed by atoms with Crippen LogP contribution in [0.4, 0.5) is 0 Å². The Bertz CT molecular complexity index is 900. The van der Waals surface area contributed by atoms with Crippen LogP contribution >= 0.6 is 0 Å². The van der Waals surface area contributed by atoms with Crippen LogP contribution in [0.1, 0.15) is 59.3 Å². The summed E-state index contributed by atoms with van der Waals surface area (Å²) >= 11 is 0. The Kier molecular flexibility index (Phi) is 5.17. The number of furan rings is 1. The zero-order valence-corrected chi connectivity index (χ0v) is 17.2. The molecule has 2 aliphatic rings. The van der Waals surface area contributed by atoms with Crippen LogP contribution in [0.15, 0.2) is 16.5 Å². The maximum atomic E-state index is 13.1. The number of carbonyl (C=O) groups is 2. The molecule has 2 fully saturated rings. The van der Waals surface area contributed by atoms with E-state index in [0.717, 1.165) is 27.7 Å². The van der Waals surface area contributed by atoms with Crippen LogP contribution in [0.25, 0.3) is 11.0 Å². The van der Waals surface area contributed by atoms with Crippen molar-refractivity contribution in [1.29, 1.82) is 0 Å². The van der Waals surface area contributed by atoms with Crippen molar-refractivity contribution in [3.05, 3.63) is 34.6 Å². The van der Waals surface area contributed by atoms with E-state index in [9.17, 15) is 9.59 Å². The molecule has 2 amide bonds. The number of piperazine rings is 1. The molecule has 0 spiro atoms. The average Bonchev–Trinajstić information content (AvgIpc) is 3.33. The summed E-state index contributed by atoms with van der Waals surface area (Å²) < 4.78 is 6.02. The number of rotatable bonds is 3. The fourth-order valence-electron chi connectivity index (χ4n) is 4.77. The summed E-state index contributed by atoms with van der Waals surface area (Å²) in [6.45, 7) is 8.41. The number of aryl methyl sites for hydroxylation is 3. The third kappa shape index (κ3) is 3.43. The number of fused-ring (bicyclic) bond motifs is 1. The summed E-state index contributed by atoms with van der Waals surface area (Å²) in [4.78, 5) is 29.4. The van der Waals surface area contributed by atoms with Crippen molar-refractivity contribution in [1.82, 2.24) is 9.80 Å². The summed E-state index contributed by atoms with van der Waals surface area (Å²) in [6, 6.07) is 4.10. The molecular weight excluding hydrogens is 352 g/mol. The Hall–Kier alpha value is -2.30. The third-order valence-corrected chi connectivity index (χ3v) is 6.53. The first-order chi connectivity index (χ1) is 13.5. The van der Waals surface area contributed by atoms with E-state index in [-0.39, 0.29) is 11.8 Å². The number of benzene rings is 1. The molecule has 28 heavy (non-hydrogen) atoms. The highest BCUT2D eigenvalue weighted by atomic mass is 16.3. The zero-order chi connectivity index (χ0) is 19.8. The quantitative estimate of drug-likeness (QED) is 0.798. The Balaban J connectivity index is 1.43. The Morgan fingerprint density at radius 1 is 0.964 bits per heavy atom. The minimum absolute atomic E-state index is 0.0598. The van der Waals surface area contributed by atoms with E-state index in [4.69, 9.17) is 4.42 Å². The lowest BCUT2D eigenvalue weighted by Gasteiger charge is -2.35. The lowest BCUT2D eigenvalue weighted by Crippen LogP contribution is -2.50.